The number of carbonyl (C=O) groups excluding carboxylic acids is 4. The zero-order valence-corrected chi connectivity index (χ0v) is 16.6. The van der Waals surface area contributed by atoms with Gasteiger partial charge in [0.1, 0.15) is 17.8 Å². The number of hydrogen-bond donors (Lipinski definition) is 3. The highest BCUT2D eigenvalue weighted by molar-refractivity contribution is 5.99. The van der Waals surface area contributed by atoms with E-state index in [0.717, 1.165) is 12.1 Å². The van der Waals surface area contributed by atoms with E-state index in [2.05, 4.69) is 20.1 Å². The van der Waals surface area contributed by atoms with E-state index in [1.807, 2.05) is 0 Å². The maximum Gasteiger partial charge on any atom is 0.573 e. The van der Waals surface area contributed by atoms with Gasteiger partial charge in [-0.1, -0.05) is 12.1 Å². The number of esters is 1. The average molecular weight is 459 g/mol. The van der Waals surface area contributed by atoms with Crippen molar-refractivity contribution in [2.75, 3.05) is 13.1 Å². The molecule has 10 nitrogen and oxygen atoms in total. The molecule has 1 aromatic carbocycles. The van der Waals surface area contributed by atoms with Crippen LogP contribution in [-0.4, -0.2) is 71.5 Å². The first kappa shape index (κ1) is 23.3. The Morgan fingerprint density at radius 1 is 1.25 bits per heavy atom. The lowest BCUT2D eigenvalue weighted by molar-refractivity contribution is -0.274. The third-order valence-electron chi connectivity index (χ3n) is 4.94. The number of carbonyl (C=O) groups is 4. The maximum absolute atomic E-state index is 12.6. The minimum absolute atomic E-state index is 0.205. The van der Waals surface area contributed by atoms with E-state index in [1.54, 1.807) is 0 Å². The van der Waals surface area contributed by atoms with Crippen molar-refractivity contribution in [1.82, 2.24) is 15.5 Å². The van der Waals surface area contributed by atoms with Crippen LogP contribution in [0, 0.1) is 0 Å². The van der Waals surface area contributed by atoms with Gasteiger partial charge in [0.05, 0.1) is 18.5 Å². The zero-order chi connectivity index (χ0) is 23.5. The summed E-state index contributed by atoms with van der Waals surface area (Å²) in [7, 11) is 0. The smallest absolute Gasteiger partial charge is 0.434 e. The molecule has 2 aliphatic rings. The van der Waals surface area contributed by atoms with Crippen molar-refractivity contribution >= 4 is 23.7 Å². The molecule has 174 valence electrons. The normalized spacial score (nSPS) is 22.9. The number of nitrogens with one attached hydrogen (secondary N) is 2. The fraction of sp³-hybridized carbons (Fsp3) is 0.474. The highest BCUT2D eigenvalue weighted by Crippen LogP contribution is 2.26. The molecule has 3 atom stereocenters. The number of halogens is 3. The Kier molecular flexibility index (Phi) is 6.87. The van der Waals surface area contributed by atoms with Gasteiger partial charge in [-0.05, 0) is 25.0 Å². The summed E-state index contributed by atoms with van der Waals surface area (Å²) in [5.41, 5.74) is -0.409. The zero-order valence-electron chi connectivity index (χ0n) is 16.6. The van der Waals surface area contributed by atoms with Crippen LogP contribution in [0.25, 0.3) is 0 Å². The van der Waals surface area contributed by atoms with Gasteiger partial charge in [-0.25, -0.2) is 0 Å². The Bertz CT molecular complexity index is 908. The van der Waals surface area contributed by atoms with E-state index < -0.39 is 66.3 Å². The molecule has 2 aliphatic heterocycles. The van der Waals surface area contributed by atoms with Crippen LogP contribution in [0.15, 0.2) is 24.3 Å². The van der Waals surface area contributed by atoms with Gasteiger partial charge in [0.15, 0.2) is 0 Å². The summed E-state index contributed by atoms with van der Waals surface area (Å²) in [6.45, 7) is -0.334. The minimum atomic E-state index is -5.00. The van der Waals surface area contributed by atoms with Gasteiger partial charge in [0.25, 0.3) is 5.91 Å². The van der Waals surface area contributed by atoms with Crippen LogP contribution in [0.4, 0.5) is 13.2 Å². The summed E-state index contributed by atoms with van der Waals surface area (Å²) in [6.07, 6.45) is -5.85. The number of aliphatic hydroxyl groups is 1. The molecule has 3 amide bonds. The molecule has 32 heavy (non-hydrogen) atoms. The molecule has 0 aromatic heterocycles. The molecule has 0 spiro atoms. The topological polar surface area (TPSA) is 134 Å². The molecule has 0 unspecified atom stereocenters. The SMILES string of the molecule is O=C1C[C@H](NC(=O)[C@@H]2CCCN2C(=O)CNC(=O)c2ccccc2OC(F)(F)F)[C@H](O)O1. The second-order valence-electron chi connectivity index (χ2n) is 7.17. The van der Waals surface area contributed by atoms with Crippen molar-refractivity contribution in [3.8, 4) is 5.75 Å². The number of benzene rings is 1. The molecule has 0 aliphatic carbocycles. The Labute approximate surface area is 179 Å². The monoisotopic (exact) mass is 459 g/mol. The second-order valence-corrected chi connectivity index (χ2v) is 7.17. The van der Waals surface area contributed by atoms with Gasteiger partial charge >= 0.3 is 12.3 Å². The largest absolute Gasteiger partial charge is 0.573 e. The van der Waals surface area contributed by atoms with Crippen molar-refractivity contribution in [1.29, 1.82) is 0 Å². The van der Waals surface area contributed by atoms with Crippen LogP contribution in [0.1, 0.15) is 29.6 Å². The number of rotatable bonds is 6. The summed E-state index contributed by atoms with van der Waals surface area (Å²) >= 11 is 0. The predicted molar refractivity (Wildman–Crippen MR) is 98.8 cm³/mol. The molecule has 0 bridgehead atoms. The van der Waals surface area contributed by atoms with Gasteiger partial charge in [-0.15, -0.1) is 13.2 Å². The number of para-hydroxylation sites is 1. The minimum Gasteiger partial charge on any atom is -0.434 e. The number of ether oxygens (including phenoxy) is 2. The van der Waals surface area contributed by atoms with Gasteiger partial charge in [-0.3, -0.25) is 19.2 Å². The first-order valence-electron chi connectivity index (χ1n) is 9.65. The number of nitrogens with zero attached hydrogens (tertiary/aromatic N) is 1. The van der Waals surface area contributed by atoms with Gasteiger partial charge in [-0.2, -0.15) is 0 Å². The van der Waals surface area contributed by atoms with E-state index >= 15 is 0 Å². The molecular weight excluding hydrogens is 439 g/mol. The summed E-state index contributed by atoms with van der Waals surface area (Å²) < 4.78 is 45.9. The van der Waals surface area contributed by atoms with Crippen LogP contribution >= 0.6 is 0 Å². The van der Waals surface area contributed by atoms with Crippen molar-refractivity contribution < 1.29 is 46.9 Å². The van der Waals surface area contributed by atoms with E-state index in [9.17, 15) is 37.5 Å². The standard InChI is InChI=1S/C19H20F3N3O7/c20-19(21,22)32-13-6-2-1-4-10(13)16(28)23-9-14(26)25-7-3-5-12(25)17(29)24-11-8-15(27)31-18(11)30/h1-2,4,6,11-12,18,30H,3,5,7-9H2,(H,23,28)(H,24,29)/t11-,12-,18+/m0/s1. The first-order valence-corrected chi connectivity index (χ1v) is 9.65. The lowest BCUT2D eigenvalue weighted by atomic mass is 10.1. The average Bonchev–Trinajstić information content (AvgIpc) is 3.31. The third kappa shape index (κ3) is 5.66. The summed E-state index contributed by atoms with van der Waals surface area (Å²) in [5, 5.41) is 14.3. The number of aliphatic hydroxyl groups excluding tert-OH is 1. The van der Waals surface area contributed by atoms with Gasteiger partial charge in [0.2, 0.25) is 18.1 Å². The molecule has 2 heterocycles. The Morgan fingerprint density at radius 2 is 1.97 bits per heavy atom. The molecule has 3 N–H and O–H groups in total. The van der Waals surface area contributed by atoms with Crippen LogP contribution in [-0.2, 0) is 19.1 Å². The number of likely N-dealkylation sites (tertiary alicyclic amines) is 1. The van der Waals surface area contributed by atoms with E-state index in [1.165, 1.54) is 17.0 Å². The number of alkyl halides is 3. The van der Waals surface area contributed by atoms with Crippen LogP contribution in [0.3, 0.4) is 0 Å². The van der Waals surface area contributed by atoms with Crippen LogP contribution in [0.2, 0.25) is 0 Å². The molecule has 2 saturated heterocycles. The van der Waals surface area contributed by atoms with Crippen molar-refractivity contribution in [3.05, 3.63) is 29.8 Å². The quantitative estimate of drug-likeness (QED) is 0.512. The number of hydrogen-bond acceptors (Lipinski definition) is 7. The molecule has 2 fully saturated rings. The Hall–Kier alpha value is -3.35. The molecule has 0 saturated carbocycles. The first-order chi connectivity index (χ1) is 15.0. The molecule has 0 radical (unpaired) electrons. The summed E-state index contributed by atoms with van der Waals surface area (Å²) in [5.74, 6) is -3.55. The van der Waals surface area contributed by atoms with E-state index in [4.69, 9.17) is 0 Å². The van der Waals surface area contributed by atoms with Crippen LogP contribution < -0.4 is 15.4 Å². The fourth-order valence-electron chi connectivity index (χ4n) is 3.50. The lowest BCUT2D eigenvalue weighted by Crippen LogP contribution is -2.52. The fourth-order valence-corrected chi connectivity index (χ4v) is 3.50. The predicted octanol–water partition coefficient (Wildman–Crippen LogP) is 0.0561. The lowest BCUT2D eigenvalue weighted by Gasteiger charge is -2.25. The van der Waals surface area contributed by atoms with Crippen molar-refractivity contribution in [2.45, 2.75) is 44.0 Å². The molecule has 13 heteroatoms. The maximum atomic E-state index is 12.6. The Balaban J connectivity index is 1.58. The number of cyclic esters (lactones) is 1. The number of amides is 3. The Morgan fingerprint density at radius 3 is 2.62 bits per heavy atom. The molecule has 3 rings (SSSR count). The van der Waals surface area contributed by atoms with Crippen LogP contribution in [0.5, 0.6) is 5.75 Å². The highest BCUT2D eigenvalue weighted by atomic mass is 19.4. The highest BCUT2D eigenvalue weighted by Gasteiger charge is 2.39. The second kappa shape index (κ2) is 9.42. The van der Waals surface area contributed by atoms with Crippen molar-refractivity contribution in [2.24, 2.45) is 0 Å². The van der Waals surface area contributed by atoms with Gasteiger partial charge < -0.3 is 30.1 Å². The van der Waals surface area contributed by atoms with E-state index in [-0.39, 0.29) is 13.0 Å². The van der Waals surface area contributed by atoms with Crippen molar-refractivity contribution in [3.63, 3.8) is 0 Å². The molecule has 1 aromatic rings. The van der Waals surface area contributed by atoms with E-state index in [0.29, 0.717) is 12.8 Å². The summed E-state index contributed by atoms with van der Waals surface area (Å²) in [6, 6.07) is 2.86. The van der Waals surface area contributed by atoms with Gasteiger partial charge in [0, 0.05) is 6.54 Å². The third-order valence-corrected chi connectivity index (χ3v) is 4.94. The summed E-state index contributed by atoms with van der Waals surface area (Å²) in [4.78, 5) is 49.8. The molecular formula is C19H20F3N3O7.